The Hall–Kier alpha value is -2.71. The molecule has 1 aromatic heterocycles. The molecule has 0 saturated carbocycles. The number of nitrogens with zero attached hydrogens (tertiary/aromatic N) is 2. The molecular formula is C18H15BrN4O2S. The van der Waals surface area contributed by atoms with Crippen LogP contribution in [0, 0.1) is 0 Å². The summed E-state index contributed by atoms with van der Waals surface area (Å²) >= 11 is 3.42. The van der Waals surface area contributed by atoms with Crippen molar-refractivity contribution in [3.05, 3.63) is 76.5 Å². The molecular weight excluding hydrogens is 416 g/mol. The van der Waals surface area contributed by atoms with E-state index < -0.39 is 10.0 Å². The van der Waals surface area contributed by atoms with Gasteiger partial charge >= 0.3 is 0 Å². The number of nitrogens with one attached hydrogen (secondary N) is 1. The molecule has 0 amide bonds. The van der Waals surface area contributed by atoms with Crippen LogP contribution in [-0.4, -0.2) is 18.4 Å². The van der Waals surface area contributed by atoms with E-state index in [0.29, 0.717) is 11.4 Å². The Kier molecular flexibility index (Phi) is 5.34. The predicted octanol–water partition coefficient (Wildman–Crippen LogP) is 3.79. The van der Waals surface area contributed by atoms with Crippen LogP contribution in [0.15, 0.2) is 70.2 Å². The van der Waals surface area contributed by atoms with Crippen molar-refractivity contribution < 1.29 is 8.42 Å². The Morgan fingerprint density at radius 1 is 1.04 bits per heavy atom. The number of nitrogens with two attached hydrogens (primary N) is 1. The van der Waals surface area contributed by atoms with Gasteiger partial charge in [0.2, 0.25) is 5.95 Å². The van der Waals surface area contributed by atoms with Crippen molar-refractivity contribution in [3.63, 3.8) is 0 Å². The summed E-state index contributed by atoms with van der Waals surface area (Å²) in [6.07, 6.45) is 5.16. The molecule has 0 aliphatic heterocycles. The summed E-state index contributed by atoms with van der Waals surface area (Å²) in [5, 5.41) is 0. The summed E-state index contributed by atoms with van der Waals surface area (Å²) in [6, 6.07) is 15.4. The second kappa shape index (κ2) is 7.67. The van der Waals surface area contributed by atoms with Crippen molar-refractivity contribution >= 4 is 49.7 Å². The van der Waals surface area contributed by atoms with Crippen molar-refractivity contribution in [2.24, 2.45) is 0 Å². The van der Waals surface area contributed by atoms with Crippen molar-refractivity contribution in [3.8, 4) is 0 Å². The van der Waals surface area contributed by atoms with Gasteiger partial charge in [0.15, 0.2) is 0 Å². The number of aromatic nitrogens is 2. The zero-order valence-electron chi connectivity index (χ0n) is 13.5. The first-order valence-corrected chi connectivity index (χ1v) is 9.85. The number of sulfonamides is 1. The molecule has 8 heteroatoms. The van der Waals surface area contributed by atoms with Gasteiger partial charge < -0.3 is 5.73 Å². The fourth-order valence-electron chi connectivity index (χ4n) is 2.13. The predicted molar refractivity (Wildman–Crippen MR) is 107 cm³/mol. The summed E-state index contributed by atoms with van der Waals surface area (Å²) in [6.45, 7) is 0. The number of hydrogen-bond donors (Lipinski definition) is 2. The minimum Gasteiger partial charge on any atom is -0.399 e. The molecule has 132 valence electrons. The van der Waals surface area contributed by atoms with Gasteiger partial charge in [0.25, 0.3) is 10.0 Å². The van der Waals surface area contributed by atoms with Crippen LogP contribution >= 0.6 is 15.9 Å². The molecule has 0 fully saturated rings. The number of rotatable bonds is 5. The Morgan fingerprint density at radius 2 is 1.81 bits per heavy atom. The van der Waals surface area contributed by atoms with Gasteiger partial charge in [-0.1, -0.05) is 34.1 Å². The number of halogens is 1. The third kappa shape index (κ3) is 4.68. The monoisotopic (exact) mass is 430 g/mol. The van der Waals surface area contributed by atoms with E-state index in [-0.39, 0.29) is 10.8 Å². The zero-order chi connectivity index (χ0) is 18.6. The van der Waals surface area contributed by atoms with Gasteiger partial charge in [-0.2, -0.15) is 0 Å². The van der Waals surface area contributed by atoms with E-state index in [9.17, 15) is 8.42 Å². The smallest absolute Gasteiger partial charge is 0.264 e. The molecule has 3 rings (SSSR count). The molecule has 1 heterocycles. The lowest BCUT2D eigenvalue weighted by Gasteiger charge is -2.07. The molecule has 0 unspecified atom stereocenters. The lowest BCUT2D eigenvalue weighted by molar-refractivity contribution is 0.601. The highest BCUT2D eigenvalue weighted by molar-refractivity contribution is 9.10. The molecule has 26 heavy (non-hydrogen) atoms. The van der Waals surface area contributed by atoms with Crippen LogP contribution in [0.3, 0.4) is 0 Å². The molecule has 2 aromatic carbocycles. The number of benzene rings is 2. The Morgan fingerprint density at radius 3 is 2.54 bits per heavy atom. The Balaban J connectivity index is 1.80. The number of hydrogen-bond acceptors (Lipinski definition) is 5. The quantitative estimate of drug-likeness (QED) is 0.599. The van der Waals surface area contributed by atoms with Crippen LogP contribution in [0.1, 0.15) is 11.3 Å². The van der Waals surface area contributed by atoms with E-state index >= 15 is 0 Å². The second-order valence-electron chi connectivity index (χ2n) is 5.37. The largest absolute Gasteiger partial charge is 0.399 e. The molecule has 3 N–H and O–H groups in total. The fraction of sp³-hybridized carbons (Fsp3) is 0. The van der Waals surface area contributed by atoms with Gasteiger partial charge in [0, 0.05) is 16.4 Å². The van der Waals surface area contributed by atoms with Crippen LogP contribution < -0.4 is 10.5 Å². The van der Waals surface area contributed by atoms with E-state index in [2.05, 4.69) is 30.6 Å². The van der Waals surface area contributed by atoms with Gasteiger partial charge in [-0.3, -0.25) is 0 Å². The SMILES string of the molecule is Nc1ccc(S(=O)(=O)Nc2nccc(/C=C\c3cccc(Br)c3)n2)cc1. The first kappa shape index (κ1) is 18.1. The molecule has 0 bridgehead atoms. The van der Waals surface area contributed by atoms with Gasteiger partial charge in [-0.05, 0) is 54.1 Å². The van der Waals surface area contributed by atoms with Gasteiger partial charge in [0.05, 0.1) is 10.6 Å². The maximum atomic E-state index is 12.4. The van der Waals surface area contributed by atoms with Gasteiger partial charge in [-0.25, -0.2) is 23.1 Å². The molecule has 0 saturated heterocycles. The van der Waals surface area contributed by atoms with Crippen LogP contribution in [0.25, 0.3) is 12.2 Å². The summed E-state index contributed by atoms with van der Waals surface area (Å²) in [5.41, 5.74) is 7.64. The van der Waals surface area contributed by atoms with E-state index in [1.807, 2.05) is 30.3 Å². The standard InChI is InChI=1S/C18H15BrN4O2S/c19-14-3-1-2-13(12-14)4-7-16-10-11-21-18(22-16)23-26(24,25)17-8-5-15(20)6-9-17/h1-12H,20H2,(H,21,22,23)/b7-4-. The van der Waals surface area contributed by atoms with Crippen LogP contribution in [0.4, 0.5) is 11.6 Å². The molecule has 0 spiro atoms. The lowest BCUT2D eigenvalue weighted by atomic mass is 10.2. The third-order valence-corrected chi connectivity index (χ3v) is 5.23. The van der Waals surface area contributed by atoms with Crippen LogP contribution in [0.2, 0.25) is 0 Å². The summed E-state index contributed by atoms with van der Waals surface area (Å²) in [5.74, 6) is -0.00165. The molecule has 0 aliphatic carbocycles. The molecule has 0 aliphatic rings. The first-order valence-electron chi connectivity index (χ1n) is 7.57. The minimum atomic E-state index is -3.78. The Bertz CT molecular complexity index is 1050. The van der Waals surface area contributed by atoms with Crippen LogP contribution in [0.5, 0.6) is 0 Å². The molecule has 6 nitrogen and oxygen atoms in total. The molecule has 0 atom stereocenters. The average Bonchev–Trinajstić information content (AvgIpc) is 2.60. The zero-order valence-corrected chi connectivity index (χ0v) is 15.9. The Labute approximate surface area is 160 Å². The second-order valence-corrected chi connectivity index (χ2v) is 7.97. The van der Waals surface area contributed by atoms with E-state index in [4.69, 9.17) is 5.73 Å². The van der Waals surface area contributed by atoms with Crippen molar-refractivity contribution in [1.29, 1.82) is 0 Å². The first-order chi connectivity index (χ1) is 12.4. The minimum absolute atomic E-state index is 0.00165. The van der Waals surface area contributed by atoms with Crippen molar-refractivity contribution in [2.45, 2.75) is 4.90 Å². The fourth-order valence-corrected chi connectivity index (χ4v) is 3.50. The van der Waals surface area contributed by atoms with Crippen molar-refractivity contribution in [2.75, 3.05) is 10.5 Å². The van der Waals surface area contributed by atoms with E-state index in [1.54, 1.807) is 12.1 Å². The molecule has 3 aromatic rings. The van der Waals surface area contributed by atoms with Crippen molar-refractivity contribution in [1.82, 2.24) is 9.97 Å². The number of nitrogen functional groups attached to an aromatic ring is 1. The molecule has 0 radical (unpaired) electrons. The van der Waals surface area contributed by atoms with Crippen LogP contribution in [-0.2, 0) is 10.0 Å². The maximum absolute atomic E-state index is 12.4. The highest BCUT2D eigenvalue weighted by Crippen LogP contribution is 2.16. The van der Waals surface area contributed by atoms with E-state index in [1.165, 1.54) is 30.5 Å². The summed E-state index contributed by atoms with van der Waals surface area (Å²) in [7, 11) is -3.78. The third-order valence-electron chi connectivity index (χ3n) is 3.39. The average molecular weight is 431 g/mol. The topological polar surface area (TPSA) is 98.0 Å². The highest BCUT2D eigenvalue weighted by atomic mass is 79.9. The van der Waals surface area contributed by atoms with E-state index in [0.717, 1.165) is 10.0 Å². The highest BCUT2D eigenvalue weighted by Gasteiger charge is 2.15. The normalized spacial score (nSPS) is 11.6. The lowest BCUT2D eigenvalue weighted by Crippen LogP contribution is -2.15. The summed E-state index contributed by atoms with van der Waals surface area (Å²) in [4.78, 5) is 8.27. The van der Waals surface area contributed by atoms with Gasteiger partial charge in [0.1, 0.15) is 0 Å². The number of anilines is 2. The maximum Gasteiger partial charge on any atom is 0.264 e. The van der Waals surface area contributed by atoms with Gasteiger partial charge in [-0.15, -0.1) is 0 Å². The summed E-state index contributed by atoms with van der Waals surface area (Å²) < 4.78 is 28.1.